The lowest BCUT2D eigenvalue weighted by Gasteiger charge is -2.02. The number of nitrogens with zero attached hydrogens (tertiary/aromatic N) is 1. The Bertz CT molecular complexity index is 560. The zero-order valence-corrected chi connectivity index (χ0v) is 9.29. The van der Waals surface area contributed by atoms with Crippen LogP contribution in [-0.2, 0) is 6.42 Å². The van der Waals surface area contributed by atoms with E-state index in [1.54, 1.807) is 0 Å². The molecule has 0 unspecified atom stereocenters. The molecular formula is C12H15N3O. The van der Waals surface area contributed by atoms with Gasteiger partial charge in [-0.2, -0.15) is 0 Å². The Morgan fingerprint density at radius 2 is 2.25 bits per heavy atom. The highest BCUT2D eigenvalue weighted by atomic mass is 16.1. The highest BCUT2D eigenvalue weighted by molar-refractivity contribution is 5.79. The first kappa shape index (κ1) is 10.7. The van der Waals surface area contributed by atoms with Crippen LogP contribution in [0.15, 0.2) is 23.0 Å². The van der Waals surface area contributed by atoms with Gasteiger partial charge in [0.1, 0.15) is 0 Å². The molecule has 0 bridgehead atoms. The van der Waals surface area contributed by atoms with Crippen molar-refractivity contribution in [1.29, 1.82) is 0 Å². The Hall–Kier alpha value is -1.84. The van der Waals surface area contributed by atoms with Crippen LogP contribution >= 0.6 is 0 Å². The van der Waals surface area contributed by atoms with Crippen molar-refractivity contribution in [1.82, 2.24) is 9.97 Å². The summed E-state index contributed by atoms with van der Waals surface area (Å²) in [6.07, 6.45) is 3.27. The second kappa shape index (κ2) is 4.35. The van der Waals surface area contributed by atoms with Crippen molar-refractivity contribution in [3.8, 4) is 0 Å². The van der Waals surface area contributed by atoms with E-state index in [0.717, 1.165) is 19.3 Å². The van der Waals surface area contributed by atoms with Gasteiger partial charge in [0.05, 0.1) is 10.9 Å². The molecule has 0 atom stereocenters. The minimum absolute atomic E-state index is 0.166. The molecule has 16 heavy (non-hydrogen) atoms. The molecule has 0 amide bonds. The zero-order valence-electron chi connectivity index (χ0n) is 9.29. The summed E-state index contributed by atoms with van der Waals surface area (Å²) in [4.78, 5) is 18.2. The maximum Gasteiger partial charge on any atom is 0.260 e. The summed E-state index contributed by atoms with van der Waals surface area (Å²) in [5.41, 5.74) is 7.14. The van der Waals surface area contributed by atoms with Gasteiger partial charge < -0.3 is 5.73 Å². The molecule has 4 heteroatoms. The van der Waals surface area contributed by atoms with Gasteiger partial charge in [-0.3, -0.25) is 9.78 Å². The fraction of sp³-hybridized carbons (Fsp3) is 0.333. The first-order valence-electron chi connectivity index (χ1n) is 5.49. The van der Waals surface area contributed by atoms with Gasteiger partial charge in [0, 0.05) is 0 Å². The summed E-state index contributed by atoms with van der Waals surface area (Å²) in [6, 6.07) is 5.76. The van der Waals surface area contributed by atoms with Gasteiger partial charge in [-0.05, 0) is 30.5 Å². The number of rotatable bonds is 3. The Morgan fingerprint density at radius 1 is 1.44 bits per heavy atom. The molecular weight excluding hydrogens is 202 g/mol. The molecule has 0 aliphatic carbocycles. The van der Waals surface area contributed by atoms with E-state index in [4.69, 9.17) is 5.73 Å². The average Bonchev–Trinajstić information content (AvgIpc) is 2.26. The van der Waals surface area contributed by atoms with Crippen LogP contribution in [0.25, 0.3) is 10.9 Å². The number of hydrogen-bond donors (Lipinski definition) is 2. The highest BCUT2D eigenvalue weighted by Gasteiger charge is 2.02. The smallest absolute Gasteiger partial charge is 0.260 e. The van der Waals surface area contributed by atoms with Crippen molar-refractivity contribution in [2.75, 3.05) is 5.73 Å². The number of hydrogen-bond acceptors (Lipinski definition) is 3. The minimum Gasteiger partial charge on any atom is -0.369 e. The summed E-state index contributed by atoms with van der Waals surface area (Å²) < 4.78 is 0. The predicted octanol–water partition coefficient (Wildman–Crippen LogP) is 1.85. The van der Waals surface area contributed by atoms with Crippen LogP contribution in [0.5, 0.6) is 0 Å². The third-order valence-electron chi connectivity index (χ3n) is 2.61. The van der Waals surface area contributed by atoms with Crippen molar-refractivity contribution in [3.05, 3.63) is 34.1 Å². The Morgan fingerprint density at radius 3 is 3.00 bits per heavy atom. The second-order valence-corrected chi connectivity index (χ2v) is 3.91. The van der Waals surface area contributed by atoms with Gasteiger partial charge in [0.15, 0.2) is 0 Å². The van der Waals surface area contributed by atoms with E-state index >= 15 is 0 Å². The number of aromatic nitrogens is 2. The minimum atomic E-state index is -0.166. The molecule has 0 fully saturated rings. The van der Waals surface area contributed by atoms with E-state index in [1.165, 1.54) is 5.56 Å². The van der Waals surface area contributed by atoms with Crippen molar-refractivity contribution in [2.24, 2.45) is 0 Å². The molecule has 0 saturated carbocycles. The zero-order chi connectivity index (χ0) is 11.5. The molecule has 4 nitrogen and oxygen atoms in total. The number of H-pyrrole nitrogens is 1. The van der Waals surface area contributed by atoms with E-state index in [-0.39, 0.29) is 11.5 Å². The number of aryl methyl sites for hydroxylation is 1. The Labute approximate surface area is 93.5 Å². The summed E-state index contributed by atoms with van der Waals surface area (Å²) in [5, 5.41) is 0.614. The lowest BCUT2D eigenvalue weighted by molar-refractivity contribution is 0.796. The van der Waals surface area contributed by atoms with E-state index in [9.17, 15) is 4.79 Å². The quantitative estimate of drug-likeness (QED) is 0.824. The standard InChI is InChI=1S/C12H15N3O/c1-2-3-4-8-5-6-10-9(7-8)11(16)15-12(13)14-10/h5-7H,2-4H2,1H3,(H3,13,14,15,16). The van der Waals surface area contributed by atoms with E-state index < -0.39 is 0 Å². The van der Waals surface area contributed by atoms with Gasteiger partial charge in [-0.1, -0.05) is 19.4 Å². The molecule has 2 rings (SSSR count). The molecule has 84 valence electrons. The van der Waals surface area contributed by atoms with Crippen LogP contribution in [0.3, 0.4) is 0 Å². The number of anilines is 1. The van der Waals surface area contributed by atoms with Crippen molar-refractivity contribution in [2.45, 2.75) is 26.2 Å². The Kier molecular flexibility index (Phi) is 2.90. The molecule has 0 radical (unpaired) electrons. The van der Waals surface area contributed by atoms with Crippen LogP contribution in [0.2, 0.25) is 0 Å². The number of nitrogen functional groups attached to an aromatic ring is 1. The lowest BCUT2D eigenvalue weighted by atomic mass is 10.1. The summed E-state index contributed by atoms with van der Waals surface area (Å²) >= 11 is 0. The number of benzene rings is 1. The molecule has 1 aromatic carbocycles. The molecule has 2 aromatic rings. The highest BCUT2D eigenvalue weighted by Crippen LogP contribution is 2.12. The monoisotopic (exact) mass is 217 g/mol. The van der Waals surface area contributed by atoms with Gasteiger partial charge in [-0.15, -0.1) is 0 Å². The second-order valence-electron chi connectivity index (χ2n) is 3.91. The number of aromatic amines is 1. The first-order chi connectivity index (χ1) is 7.70. The van der Waals surface area contributed by atoms with E-state index in [1.807, 2.05) is 18.2 Å². The van der Waals surface area contributed by atoms with E-state index in [2.05, 4.69) is 16.9 Å². The van der Waals surface area contributed by atoms with Crippen LogP contribution in [0.4, 0.5) is 5.95 Å². The molecule has 0 spiro atoms. The van der Waals surface area contributed by atoms with Crippen molar-refractivity contribution < 1.29 is 0 Å². The third kappa shape index (κ3) is 2.05. The maximum atomic E-state index is 11.7. The van der Waals surface area contributed by atoms with Gasteiger partial charge in [0.25, 0.3) is 5.56 Å². The number of nitrogens with one attached hydrogen (secondary N) is 1. The fourth-order valence-electron chi connectivity index (χ4n) is 1.74. The number of unbranched alkanes of at least 4 members (excludes halogenated alkanes) is 1. The van der Waals surface area contributed by atoms with E-state index in [0.29, 0.717) is 10.9 Å². The third-order valence-corrected chi connectivity index (χ3v) is 2.61. The fourth-order valence-corrected chi connectivity index (χ4v) is 1.74. The van der Waals surface area contributed by atoms with Gasteiger partial charge >= 0.3 is 0 Å². The molecule has 1 aromatic heterocycles. The summed E-state index contributed by atoms with van der Waals surface area (Å²) in [7, 11) is 0. The Balaban J connectivity index is 2.49. The molecule has 0 aliphatic heterocycles. The number of nitrogens with two attached hydrogens (primary N) is 1. The van der Waals surface area contributed by atoms with Crippen molar-refractivity contribution in [3.63, 3.8) is 0 Å². The van der Waals surface area contributed by atoms with Crippen LogP contribution in [0.1, 0.15) is 25.3 Å². The first-order valence-corrected chi connectivity index (χ1v) is 5.49. The van der Waals surface area contributed by atoms with Crippen molar-refractivity contribution >= 4 is 16.9 Å². The largest absolute Gasteiger partial charge is 0.369 e. The normalized spacial score (nSPS) is 10.8. The molecule has 3 N–H and O–H groups in total. The average molecular weight is 217 g/mol. The SMILES string of the molecule is CCCCc1ccc2nc(N)[nH]c(=O)c2c1. The number of fused-ring (bicyclic) bond motifs is 1. The van der Waals surface area contributed by atoms with Gasteiger partial charge in [0.2, 0.25) is 5.95 Å². The van der Waals surface area contributed by atoms with Crippen LogP contribution < -0.4 is 11.3 Å². The van der Waals surface area contributed by atoms with Crippen LogP contribution in [-0.4, -0.2) is 9.97 Å². The maximum absolute atomic E-state index is 11.7. The summed E-state index contributed by atoms with van der Waals surface area (Å²) in [5.74, 6) is 0.166. The lowest BCUT2D eigenvalue weighted by Crippen LogP contribution is -2.11. The topological polar surface area (TPSA) is 71.8 Å². The predicted molar refractivity (Wildman–Crippen MR) is 65.4 cm³/mol. The molecule has 1 heterocycles. The van der Waals surface area contributed by atoms with Crippen LogP contribution in [0, 0.1) is 0 Å². The van der Waals surface area contributed by atoms with Gasteiger partial charge in [-0.25, -0.2) is 4.98 Å². The molecule has 0 saturated heterocycles. The summed E-state index contributed by atoms with van der Waals surface area (Å²) in [6.45, 7) is 2.15. The molecule has 0 aliphatic rings.